The largest absolute Gasteiger partial charge is 0.543 e. The maximum atomic E-state index is 11.6. The van der Waals surface area contributed by atoms with E-state index in [1.54, 1.807) is 0 Å². The summed E-state index contributed by atoms with van der Waals surface area (Å²) in [6, 6.07) is 0. The topological polar surface area (TPSA) is 29.5 Å². The molecule has 1 aliphatic rings. The van der Waals surface area contributed by atoms with Crippen LogP contribution in [0.25, 0.3) is 0 Å². The minimum absolute atomic E-state index is 0.0287. The van der Waals surface area contributed by atoms with Gasteiger partial charge >= 0.3 is 8.05 Å². The van der Waals surface area contributed by atoms with E-state index in [2.05, 4.69) is 11.8 Å². The van der Waals surface area contributed by atoms with E-state index in [1.807, 2.05) is 0 Å². The summed E-state index contributed by atoms with van der Waals surface area (Å²) in [4.78, 5) is 14.1. The van der Waals surface area contributed by atoms with Crippen molar-refractivity contribution in [2.45, 2.75) is 45.4 Å². The van der Waals surface area contributed by atoms with Crippen molar-refractivity contribution in [1.29, 1.82) is 0 Å². The van der Waals surface area contributed by atoms with Gasteiger partial charge < -0.3 is 9.55 Å². The van der Waals surface area contributed by atoms with Gasteiger partial charge in [-0.1, -0.05) is 26.2 Å². The number of hydrogen-bond donors (Lipinski definition) is 0. The highest BCUT2D eigenvalue weighted by Gasteiger charge is 2.22. The fraction of sp³-hybridized carbons (Fsp3) is 0.917. The molecule has 3 nitrogen and oxygen atoms in total. The molecule has 16 heavy (non-hydrogen) atoms. The van der Waals surface area contributed by atoms with E-state index in [9.17, 15) is 4.79 Å². The molecule has 0 spiro atoms. The summed E-state index contributed by atoms with van der Waals surface area (Å²) in [6.45, 7) is 5.36. The van der Waals surface area contributed by atoms with Gasteiger partial charge in [0, 0.05) is 6.54 Å². The minimum Gasteiger partial charge on any atom is -0.543 e. The Bertz CT molecular complexity index is 205. The Labute approximate surface area is 100.0 Å². The molecule has 1 fully saturated rings. The zero-order chi connectivity index (χ0) is 11.8. The van der Waals surface area contributed by atoms with Gasteiger partial charge in [-0.25, -0.2) is 0 Å². The van der Waals surface area contributed by atoms with E-state index >= 15 is 0 Å². The van der Waals surface area contributed by atoms with Crippen molar-refractivity contribution in [3.8, 4) is 0 Å². The van der Waals surface area contributed by atoms with Crippen molar-refractivity contribution in [3.63, 3.8) is 0 Å². The van der Waals surface area contributed by atoms with E-state index in [1.165, 1.54) is 27.3 Å². The van der Waals surface area contributed by atoms with Crippen molar-refractivity contribution in [1.82, 2.24) is 4.90 Å². The van der Waals surface area contributed by atoms with Gasteiger partial charge in [0.05, 0.1) is 5.92 Å². The molecule has 4 heteroatoms. The summed E-state index contributed by atoms with van der Waals surface area (Å²) in [5, 5.41) is 0. The summed E-state index contributed by atoms with van der Waals surface area (Å²) in [6.07, 6.45) is 7.14. The lowest BCUT2D eigenvalue weighted by Gasteiger charge is -2.29. The third kappa shape index (κ3) is 4.56. The molecule has 0 aromatic carbocycles. The predicted octanol–water partition coefficient (Wildman–Crippen LogP) is 1.37. The number of piperidine rings is 1. The molecule has 0 radical (unpaired) electrons. The lowest BCUT2D eigenvalue weighted by molar-refractivity contribution is -0.139. The summed E-state index contributed by atoms with van der Waals surface area (Å²) in [5.74, 6) is 0.0575. The Hall–Kier alpha value is -0.505. The Balaban J connectivity index is 2.38. The number of nitrogens with zero attached hydrogens (tertiary/aromatic N) is 1. The molecule has 0 saturated carbocycles. The molecule has 0 aromatic rings. The molecule has 0 aromatic heterocycles. The average Bonchev–Trinajstić information content (AvgIpc) is 2.34. The first-order valence-electron chi connectivity index (χ1n) is 6.58. The molecular formula is C12H24BNO2. The summed E-state index contributed by atoms with van der Waals surface area (Å²) in [7, 11) is 1.50. The maximum absolute atomic E-state index is 11.6. The smallest absolute Gasteiger partial charge is 0.325 e. The molecule has 1 saturated heterocycles. The monoisotopic (exact) mass is 225 g/mol. The SMILES string of the molecule is BOC(=O)C(CCCC)CN1CCCCC1. The highest BCUT2D eigenvalue weighted by atomic mass is 16.5. The normalized spacial score (nSPS) is 19.3. The second-order valence-electron chi connectivity index (χ2n) is 4.72. The molecule has 92 valence electrons. The molecular weight excluding hydrogens is 201 g/mol. The van der Waals surface area contributed by atoms with Crippen LogP contribution in [0.15, 0.2) is 0 Å². The van der Waals surface area contributed by atoms with Gasteiger partial charge in [-0.3, -0.25) is 4.79 Å². The quantitative estimate of drug-likeness (QED) is 0.639. The minimum atomic E-state index is -0.0287. The average molecular weight is 225 g/mol. The van der Waals surface area contributed by atoms with Gasteiger partial charge in [0.1, 0.15) is 0 Å². The molecule has 1 unspecified atom stereocenters. The van der Waals surface area contributed by atoms with E-state index < -0.39 is 0 Å². The number of unbranched alkanes of at least 4 members (excludes halogenated alkanes) is 1. The number of likely N-dealkylation sites (tertiary alicyclic amines) is 1. The third-order valence-corrected chi connectivity index (χ3v) is 3.37. The van der Waals surface area contributed by atoms with Gasteiger partial charge in [0.15, 0.2) is 0 Å². The number of carbonyl (C=O) groups is 1. The van der Waals surface area contributed by atoms with E-state index in [4.69, 9.17) is 4.65 Å². The summed E-state index contributed by atoms with van der Waals surface area (Å²) >= 11 is 0. The molecule has 1 aliphatic heterocycles. The van der Waals surface area contributed by atoms with Crippen LogP contribution in [0.2, 0.25) is 0 Å². The van der Waals surface area contributed by atoms with Crippen LogP contribution in [0.5, 0.6) is 0 Å². The van der Waals surface area contributed by atoms with Crippen LogP contribution in [-0.4, -0.2) is 38.6 Å². The molecule has 0 bridgehead atoms. The van der Waals surface area contributed by atoms with E-state index in [-0.39, 0.29) is 11.9 Å². The molecule has 1 heterocycles. The first-order chi connectivity index (χ1) is 7.77. The van der Waals surface area contributed by atoms with Crippen molar-refractivity contribution < 1.29 is 9.45 Å². The van der Waals surface area contributed by atoms with Crippen molar-refractivity contribution >= 4 is 14.0 Å². The van der Waals surface area contributed by atoms with Crippen molar-refractivity contribution in [2.24, 2.45) is 5.92 Å². The molecule has 0 N–H and O–H groups in total. The molecule has 1 rings (SSSR count). The summed E-state index contributed by atoms with van der Waals surface area (Å²) < 4.78 is 4.89. The first-order valence-corrected chi connectivity index (χ1v) is 6.58. The Morgan fingerprint density at radius 1 is 1.38 bits per heavy atom. The Morgan fingerprint density at radius 3 is 2.62 bits per heavy atom. The first kappa shape index (κ1) is 13.6. The van der Waals surface area contributed by atoms with Crippen molar-refractivity contribution in [3.05, 3.63) is 0 Å². The zero-order valence-electron chi connectivity index (χ0n) is 10.7. The number of carbonyl (C=O) groups excluding carboxylic acids is 1. The second-order valence-corrected chi connectivity index (χ2v) is 4.72. The van der Waals surface area contributed by atoms with Gasteiger partial charge in [-0.2, -0.15) is 0 Å². The Morgan fingerprint density at radius 2 is 2.06 bits per heavy atom. The van der Waals surface area contributed by atoms with Crippen LogP contribution in [0.1, 0.15) is 45.4 Å². The predicted molar refractivity (Wildman–Crippen MR) is 67.9 cm³/mol. The fourth-order valence-corrected chi connectivity index (χ4v) is 2.35. The highest BCUT2D eigenvalue weighted by molar-refractivity contribution is 6.05. The molecule has 0 amide bonds. The summed E-state index contributed by atoms with van der Waals surface area (Å²) in [5.41, 5.74) is 0. The number of rotatable bonds is 6. The van der Waals surface area contributed by atoms with Crippen LogP contribution in [-0.2, 0) is 9.45 Å². The van der Waals surface area contributed by atoms with Crippen LogP contribution in [0.3, 0.4) is 0 Å². The maximum Gasteiger partial charge on any atom is 0.325 e. The lowest BCUT2D eigenvalue weighted by Crippen LogP contribution is -2.37. The number of hydrogen-bond acceptors (Lipinski definition) is 3. The van der Waals surface area contributed by atoms with E-state index in [0.717, 1.165) is 38.9 Å². The fourth-order valence-electron chi connectivity index (χ4n) is 2.35. The standard InChI is InChI=1S/C12H24BNO2/c1-2-3-7-11(12(15)16-13)10-14-8-5-4-6-9-14/h11H,2-10,13H2,1H3. The van der Waals surface area contributed by atoms with Gasteiger partial charge in [-0.15, -0.1) is 0 Å². The van der Waals surface area contributed by atoms with Gasteiger partial charge in [-0.05, 0) is 32.4 Å². The second kappa shape index (κ2) is 7.72. The van der Waals surface area contributed by atoms with Crippen LogP contribution in [0.4, 0.5) is 0 Å². The van der Waals surface area contributed by atoms with Crippen LogP contribution < -0.4 is 0 Å². The van der Waals surface area contributed by atoms with Gasteiger partial charge in [0.2, 0.25) is 0 Å². The van der Waals surface area contributed by atoms with Crippen molar-refractivity contribution in [2.75, 3.05) is 19.6 Å². The Kier molecular flexibility index (Phi) is 6.54. The molecule has 0 aliphatic carbocycles. The van der Waals surface area contributed by atoms with Crippen LogP contribution in [0, 0.1) is 5.92 Å². The zero-order valence-corrected chi connectivity index (χ0v) is 10.7. The lowest BCUT2D eigenvalue weighted by atomic mass is 10.00. The van der Waals surface area contributed by atoms with E-state index in [0.29, 0.717) is 0 Å². The third-order valence-electron chi connectivity index (χ3n) is 3.37. The molecule has 1 atom stereocenters. The van der Waals surface area contributed by atoms with Gasteiger partial charge in [0.25, 0.3) is 5.97 Å². The van der Waals surface area contributed by atoms with Crippen LogP contribution >= 0.6 is 0 Å². The highest BCUT2D eigenvalue weighted by Crippen LogP contribution is 2.16.